The van der Waals surface area contributed by atoms with Crippen LogP contribution in [0.2, 0.25) is 0 Å². The second-order valence-corrected chi connectivity index (χ2v) is 8.52. The molecular formula is C26H31N3O. The second kappa shape index (κ2) is 8.27. The molecule has 30 heavy (non-hydrogen) atoms. The van der Waals surface area contributed by atoms with Crippen molar-refractivity contribution in [2.45, 2.75) is 32.1 Å². The first-order chi connectivity index (χ1) is 14.8. The molecule has 0 amide bonds. The maximum absolute atomic E-state index is 5.47. The highest BCUT2D eigenvalue weighted by Gasteiger charge is 2.26. The summed E-state index contributed by atoms with van der Waals surface area (Å²) in [5.74, 6) is 2.48. The molecule has 1 unspecified atom stereocenters. The molecule has 0 spiro atoms. The van der Waals surface area contributed by atoms with Crippen molar-refractivity contribution >= 4 is 16.6 Å². The van der Waals surface area contributed by atoms with Gasteiger partial charge in [0.2, 0.25) is 0 Å². The van der Waals surface area contributed by atoms with Crippen molar-refractivity contribution in [3.63, 3.8) is 0 Å². The summed E-state index contributed by atoms with van der Waals surface area (Å²) in [6, 6.07) is 17.6. The van der Waals surface area contributed by atoms with Crippen LogP contribution in [0.15, 0.2) is 48.5 Å². The highest BCUT2D eigenvalue weighted by atomic mass is 16.5. The van der Waals surface area contributed by atoms with Gasteiger partial charge in [0.05, 0.1) is 12.8 Å². The molecule has 0 saturated carbocycles. The van der Waals surface area contributed by atoms with Crippen LogP contribution in [0.4, 0.5) is 5.82 Å². The Morgan fingerprint density at radius 2 is 1.87 bits per heavy atom. The summed E-state index contributed by atoms with van der Waals surface area (Å²) in [5, 5.41) is 2.58. The lowest BCUT2D eigenvalue weighted by molar-refractivity contribution is 0.270. The molecule has 0 bridgehead atoms. The fourth-order valence-electron chi connectivity index (χ4n) is 5.12. The Kier molecular flexibility index (Phi) is 5.34. The number of pyridine rings is 1. The number of benzene rings is 2. The van der Waals surface area contributed by atoms with Crippen LogP contribution in [0.3, 0.4) is 0 Å². The number of fused-ring (bicyclic) bond motifs is 2. The zero-order valence-corrected chi connectivity index (χ0v) is 18.1. The fourth-order valence-corrected chi connectivity index (χ4v) is 5.12. The summed E-state index contributed by atoms with van der Waals surface area (Å²) >= 11 is 0. The third-order valence-electron chi connectivity index (χ3n) is 6.88. The summed E-state index contributed by atoms with van der Waals surface area (Å²) < 4.78 is 5.47. The number of hydrogen-bond acceptors (Lipinski definition) is 4. The van der Waals surface area contributed by atoms with Gasteiger partial charge in [-0.2, -0.15) is 0 Å². The molecule has 1 fully saturated rings. The zero-order chi connectivity index (χ0) is 20.5. The van der Waals surface area contributed by atoms with Gasteiger partial charge in [-0.05, 0) is 60.5 Å². The highest BCUT2D eigenvalue weighted by molar-refractivity contribution is 5.92. The molecule has 1 aromatic heterocycles. The Hall–Kier alpha value is -2.59. The summed E-state index contributed by atoms with van der Waals surface area (Å²) in [6.45, 7) is 7.70. The fraction of sp³-hybridized carbons (Fsp3) is 0.423. The average Bonchev–Trinajstić information content (AvgIpc) is 2.82. The molecule has 2 heterocycles. The van der Waals surface area contributed by atoms with Gasteiger partial charge in [-0.25, -0.2) is 4.98 Å². The van der Waals surface area contributed by atoms with E-state index in [-0.39, 0.29) is 0 Å². The van der Waals surface area contributed by atoms with Crippen molar-refractivity contribution in [2.75, 3.05) is 44.7 Å². The average molecular weight is 402 g/mol. The number of methoxy groups -OCH3 is 1. The lowest BCUT2D eigenvalue weighted by atomic mass is 9.80. The summed E-state index contributed by atoms with van der Waals surface area (Å²) in [6.07, 6.45) is 3.49. The molecule has 1 aliphatic carbocycles. The van der Waals surface area contributed by atoms with Crippen LogP contribution in [0, 0.1) is 0 Å². The number of likely N-dealkylation sites (N-methyl/N-ethyl adjacent to an activating group) is 1. The van der Waals surface area contributed by atoms with E-state index in [0.717, 1.165) is 51.3 Å². The first-order valence-electron chi connectivity index (χ1n) is 11.3. The van der Waals surface area contributed by atoms with Crippen LogP contribution in [-0.4, -0.2) is 49.7 Å². The number of aryl methyl sites for hydroxylation is 1. The maximum atomic E-state index is 5.47. The topological polar surface area (TPSA) is 28.6 Å². The van der Waals surface area contributed by atoms with Crippen LogP contribution < -0.4 is 9.64 Å². The zero-order valence-electron chi connectivity index (χ0n) is 18.1. The Bertz CT molecular complexity index is 1040. The largest absolute Gasteiger partial charge is 0.497 e. The molecule has 1 saturated heterocycles. The quantitative estimate of drug-likeness (QED) is 0.625. The molecule has 2 aromatic carbocycles. The Labute approximate surface area is 179 Å². The monoisotopic (exact) mass is 401 g/mol. The summed E-state index contributed by atoms with van der Waals surface area (Å²) in [4.78, 5) is 10.3. The minimum atomic E-state index is 0.361. The van der Waals surface area contributed by atoms with Gasteiger partial charge in [0, 0.05) is 37.5 Å². The number of nitrogens with zero attached hydrogens (tertiary/aromatic N) is 3. The molecular weight excluding hydrogens is 370 g/mol. The first kappa shape index (κ1) is 19.4. The Morgan fingerprint density at radius 3 is 2.67 bits per heavy atom. The molecule has 0 radical (unpaired) electrons. The minimum absolute atomic E-state index is 0.361. The van der Waals surface area contributed by atoms with E-state index in [0.29, 0.717) is 5.92 Å². The van der Waals surface area contributed by atoms with Gasteiger partial charge in [0.1, 0.15) is 11.6 Å². The van der Waals surface area contributed by atoms with Gasteiger partial charge in [-0.3, -0.25) is 0 Å². The smallest absolute Gasteiger partial charge is 0.136 e. The molecule has 1 atom stereocenters. The number of anilines is 1. The highest BCUT2D eigenvalue weighted by Crippen LogP contribution is 2.39. The third-order valence-corrected chi connectivity index (χ3v) is 6.88. The molecule has 2 aliphatic rings. The number of ether oxygens (including phenoxy) is 1. The van der Waals surface area contributed by atoms with E-state index in [4.69, 9.17) is 9.72 Å². The second-order valence-electron chi connectivity index (χ2n) is 8.52. The van der Waals surface area contributed by atoms with Gasteiger partial charge in [-0.15, -0.1) is 0 Å². The van der Waals surface area contributed by atoms with Crippen molar-refractivity contribution in [1.82, 2.24) is 9.88 Å². The van der Waals surface area contributed by atoms with E-state index >= 15 is 0 Å². The molecule has 3 aromatic rings. The van der Waals surface area contributed by atoms with Gasteiger partial charge >= 0.3 is 0 Å². The maximum Gasteiger partial charge on any atom is 0.136 e. The number of aromatic nitrogens is 1. The molecule has 4 nitrogen and oxygen atoms in total. The van der Waals surface area contributed by atoms with E-state index in [9.17, 15) is 0 Å². The third kappa shape index (κ3) is 3.54. The van der Waals surface area contributed by atoms with Crippen molar-refractivity contribution in [1.29, 1.82) is 0 Å². The van der Waals surface area contributed by atoms with Crippen LogP contribution in [-0.2, 0) is 6.42 Å². The Balaban J connectivity index is 1.57. The van der Waals surface area contributed by atoms with E-state index in [2.05, 4.69) is 65.3 Å². The first-order valence-corrected chi connectivity index (χ1v) is 11.3. The van der Waals surface area contributed by atoms with Gasteiger partial charge in [0.15, 0.2) is 0 Å². The van der Waals surface area contributed by atoms with Crippen molar-refractivity contribution in [2.24, 2.45) is 0 Å². The van der Waals surface area contributed by atoms with Crippen LogP contribution in [0.25, 0.3) is 10.8 Å². The standard InChI is InChI=1S/C26H31N3O/c1-3-28-13-15-29(16-14-28)26-23-9-5-4-7-20(23)18-25(27-26)24-10-6-8-19-17-21(30-2)11-12-22(19)24/h4-5,7,9,11-12,17-18,24H,3,6,8,10,13-16H2,1-2H3. The predicted octanol–water partition coefficient (Wildman–Crippen LogP) is 4.85. The SMILES string of the molecule is CCN1CCN(c2nc(C3CCCc4cc(OC)ccc43)cc3ccccc23)CC1. The lowest BCUT2D eigenvalue weighted by Crippen LogP contribution is -2.46. The molecule has 1 aliphatic heterocycles. The number of piperazine rings is 1. The van der Waals surface area contributed by atoms with Gasteiger partial charge in [-0.1, -0.05) is 37.3 Å². The Morgan fingerprint density at radius 1 is 1.03 bits per heavy atom. The normalized spacial score (nSPS) is 19.7. The minimum Gasteiger partial charge on any atom is -0.497 e. The van der Waals surface area contributed by atoms with E-state index in [1.54, 1.807) is 7.11 Å². The predicted molar refractivity (Wildman–Crippen MR) is 124 cm³/mol. The molecule has 156 valence electrons. The number of rotatable bonds is 4. The van der Waals surface area contributed by atoms with Crippen molar-refractivity contribution in [3.05, 3.63) is 65.4 Å². The van der Waals surface area contributed by atoms with Crippen molar-refractivity contribution in [3.8, 4) is 5.75 Å². The van der Waals surface area contributed by atoms with E-state index < -0.39 is 0 Å². The van der Waals surface area contributed by atoms with E-state index in [1.807, 2.05) is 0 Å². The molecule has 0 N–H and O–H groups in total. The van der Waals surface area contributed by atoms with Crippen LogP contribution in [0.5, 0.6) is 5.75 Å². The molecule has 4 heteroatoms. The van der Waals surface area contributed by atoms with Crippen LogP contribution >= 0.6 is 0 Å². The van der Waals surface area contributed by atoms with Gasteiger partial charge in [0.25, 0.3) is 0 Å². The molecule has 5 rings (SSSR count). The lowest BCUT2D eigenvalue weighted by Gasteiger charge is -2.36. The van der Waals surface area contributed by atoms with E-state index in [1.165, 1.54) is 39.8 Å². The van der Waals surface area contributed by atoms with Crippen molar-refractivity contribution < 1.29 is 4.74 Å². The summed E-state index contributed by atoms with van der Waals surface area (Å²) in [5.41, 5.74) is 4.05. The van der Waals surface area contributed by atoms with Crippen LogP contribution in [0.1, 0.15) is 42.5 Å². The van der Waals surface area contributed by atoms with Gasteiger partial charge < -0.3 is 14.5 Å². The number of hydrogen-bond donors (Lipinski definition) is 0. The summed E-state index contributed by atoms with van der Waals surface area (Å²) in [7, 11) is 1.75.